The summed E-state index contributed by atoms with van der Waals surface area (Å²) in [5.74, 6) is 0.892. The number of aromatic nitrogens is 3. The molecule has 1 atom stereocenters. The Balaban J connectivity index is 2.14. The van der Waals surface area contributed by atoms with Crippen LogP contribution in [0.25, 0.3) is 0 Å². The number of hydrogen-bond acceptors (Lipinski definition) is 3. The van der Waals surface area contributed by atoms with Crippen molar-refractivity contribution in [2.24, 2.45) is 0 Å². The van der Waals surface area contributed by atoms with Crippen molar-refractivity contribution < 1.29 is 5.11 Å². The fraction of sp³-hybridized carbons (Fsp3) is 0.385. The Bertz CT molecular complexity index is 493. The van der Waals surface area contributed by atoms with Crippen LogP contribution < -0.4 is 0 Å². The Labute approximate surface area is 101 Å². The lowest BCUT2D eigenvalue weighted by molar-refractivity contribution is 0.169. The van der Waals surface area contributed by atoms with Gasteiger partial charge in [-0.3, -0.25) is 4.98 Å². The summed E-state index contributed by atoms with van der Waals surface area (Å²) >= 11 is 0. The molecule has 0 bridgehead atoms. The highest BCUT2D eigenvalue weighted by atomic mass is 16.3. The first-order chi connectivity index (χ1) is 8.20. The third-order valence-electron chi connectivity index (χ3n) is 2.80. The molecular weight excluding hydrogens is 214 g/mol. The van der Waals surface area contributed by atoms with Crippen LogP contribution in [0.4, 0.5) is 0 Å². The third kappa shape index (κ3) is 2.71. The smallest absolute Gasteiger partial charge is 0.111 e. The number of imidazole rings is 1. The van der Waals surface area contributed by atoms with Crippen molar-refractivity contribution in [2.45, 2.75) is 32.9 Å². The Morgan fingerprint density at radius 2 is 2.18 bits per heavy atom. The summed E-state index contributed by atoms with van der Waals surface area (Å²) in [4.78, 5) is 8.44. The molecule has 0 saturated heterocycles. The molecule has 90 valence electrons. The highest BCUT2D eigenvalue weighted by Gasteiger charge is 2.13. The number of hydrogen-bond donors (Lipinski definition) is 1. The molecule has 2 aromatic rings. The molecule has 0 saturated carbocycles. The van der Waals surface area contributed by atoms with Crippen LogP contribution in [0.3, 0.4) is 0 Å². The molecule has 0 aliphatic heterocycles. The van der Waals surface area contributed by atoms with Gasteiger partial charge in [0.2, 0.25) is 0 Å². The van der Waals surface area contributed by atoms with E-state index in [0.29, 0.717) is 12.1 Å². The summed E-state index contributed by atoms with van der Waals surface area (Å²) < 4.78 is 2.03. The summed E-state index contributed by atoms with van der Waals surface area (Å²) in [6.45, 7) is 4.91. The zero-order valence-electron chi connectivity index (χ0n) is 10.2. The number of pyridine rings is 1. The van der Waals surface area contributed by atoms with Gasteiger partial charge in [-0.25, -0.2) is 4.98 Å². The van der Waals surface area contributed by atoms with Gasteiger partial charge in [-0.1, -0.05) is 0 Å². The molecule has 17 heavy (non-hydrogen) atoms. The molecule has 4 nitrogen and oxygen atoms in total. The quantitative estimate of drug-likeness (QED) is 0.874. The number of rotatable bonds is 4. The van der Waals surface area contributed by atoms with E-state index in [9.17, 15) is 5.11 Å². The van der Waals surface area contributed by atoms with Crippen LogP contribution in [-0.2, 0) is 13.0 Å². The van der Waals surface area contributed by atoms with Gasteiger partial charge in [0.25, 0.3) is 0 Å². The largest absolute Gasteiger partial charge is 0.386 e. The van der Waals surface area contributed by atoms with Crippen molar-refractivity contribution in [1.29, 1.82) is 0 Å². The van der Waals surface area contributed by atoms with E-state index in [1.54, 1.807) is 12.4 Å². The number of aliphatic hydroxyl groups is 1. The molecule has 1 N–H and O–H groups in total. The lowest BCUT2D eigenvalue weighted by atomic mass is 10.1. The second kappa shape index (κ2) is 5.10. The SMILES string of the molecule is CCn1ccnc1CC(O)c1cc(C)ccn1. The average Bonchev–Trinajstić information content (AvgIpc) is 2.76. The van der Waals surface area contributed by atoms with Crippen LogP contribution in [0.1, 0.15) is 30.1 Å². The third-order valence-corrected chi connectivity index (χ3v) is 2.80. The van der Waals surface area contributed by atoms with Crippen LogP contribution in [-0.4, -0.2) is 19.6 Å². The minimum absolute atomic E-state index is 0.497. The van der Waals surface area contributed by atoms with Crippen LogP contribution in [0.15, 0.2) is 30.7 Å². The minimum atomic E-state index is -0.595. The van der Waals surface area contributed by atoms with Gasteiger partial charge in [0.05, 0.1) is 5.69 Å². The highest BCUT2D eigenvalue weighted by molar-refractivity contribution is 5.17. The predicted molar refractivity (Wildman–Crippen MR) is 65.5 cm³/mol. The molecule has 0 aliphatic rings. The summed E-state index contributed by atoms with van der Waals surface area (Å²) in [5, 5.41) is 10.1. The molecular formula is C13H17N3O. The second-order valence-corrected chi connectivity index (χ2v) is 4.11. The maximum Gasteiger partial charge on any atom is 0.111 e. The number of aryl methyl sites for hydroxylation is 2. The van der Waals surface area contributed by atoms with Gasteiger partial charge >= 0.3 is 0 Å². The maximum atomic E-state index is 10.1. The first kappa shape index (κ1) is 11.8. The molecule has 2 rings (SSSR count). The van der Waals surface area contributed by atoms with Crippen molar-refractivity contribution in [3.8, 4) is 0 Å². The van der Waals surface area contributed by atoms with E-state index in [4.69, 9.17) is 0 Å². The minimum Gasteiger partial charge on any atom is -0.386 e. The van der Waals surface area contributed by atoms with Crippen LogP contribution >= 0.6 is 0 Å². The van der Waals surface area contributed by atoms with Gasteiger partial charge in [-0.2, -0.15) is 0 Å². The molecule has 2 heterocycles. The molecule has 0 aliphatic carbocycles. The van der Waals surface area contributed by atoms with Gasteiger partial charge in [0.1, 0.15) is 11.9 Å². The second-order valence-electron chi connectivity index (χ2n) is 4.11. The number of nitrogens with zero attached hydrogens (tertiary/aromatic N) is 3. The van der Waals surface area contributed by atoms with Crippen LogP contribution in [0, 0.1) is 6.92 Å². The lowest BCUT2D eigenvalue weighted by Gasteiger charge is -2.11. The Hall–Kier alpha value is -1.68. The highest BCUT2D eigenvalue weighted by Crippen LogP contribution is 2.16. The Kier molecular flexibility index (Phi) is 3.54. The van der Waals surface area contributed by atoms with Gasteiger partial charge in [0.15, 0.2) is 0 Å². The summed E-state index contributed by atoms with van der Waals surface area (Å²) in [7, 11) is 0. The molecule has 0 aromatic carbocycles. The molecule has 2 aromatic heterocycles. The van der Waals surface area contributed by atoms with E-state index in [1.807, 2.05) is 29.8 Å². The fourth-order valence-corrected chi connectivity index (χ4v) is 1.84. The fourth-order valence-electron chi connectivity index (χ4n) is 1.84. The lowest BCUT2D eigenvalue weighted by Crippen LogP contribution is -2.09. The molecule has 0 fully saturated rings. The van der Waals surface area contributed by atoms with Gasteiger partial charge in [0, 0.05) is 31.6 Å². The monoisotopic (exact) mass is 231 g/mol. The van der Waals surface area contributed by atoms with Gasteiger partial charge in [-0.15, -0.1) is 0 Å². The zero-order chi connectivity index (χ0) is 12.3. The molecule has 0 amide bonds. The first-order valence-electron chi connectivity index (χ1n) is 5.81. The Morgan fingerprint density at radius 1 is 1.35 bits per heavy atom. The van der Waals surface area contributed by atoms with Crippen LogP contribution in [0.2, 0.25) is 0 Å². The topological polar surface area (TPSA) is 50.9 Å². The summed E-state index contributed by atoms with van der Waals surface area (Å²) in [6.07, 6.45) is 5.31. The van der Waals surface area contributed by atoms with Crippen molar-refractivity contribution in [2.75, 3.05) is 0 Å². The summed E-state index contributed by atoms with van der Waals surface area (Å²) in [5.41, 5.74) is 1.81. The van der Waals surface area contributed by atoms with E-state index >= 15 is 0 Å². The van der Waals surface area contributed by atoms with Crippen LogP contribution in [0.5, 0.6) is 0 Å². The first-order valence-corrected chi connectivity index (χ1v) is 5.81. The molecule has 1 unspecified atom stereocenters. The van der Waals surface area contributed by atoms with Crippen molar-refractivity contribution in [1.82, 2.24) is 14.5 Å². The number of aliphatic hydroxyl groups excluding tert-OH is 1. The molecule has 4 heteroatoms. The standard InChI is InChI=1S/C13H17N3O/c1-3-16-7-6-15-13(16)9-12(17)11-8-10(2)4-5-14-11/h4-8,12,17H,3,9H2,1-2H3. The molecule has 0 spiro atoms. The Morgan fingerprint density at radius 3 is 2.88 bits per heavy atom. The van der Waals surface area contributed by atoms with Crippen molar-refractivity contribution in [3.63, 3.8) is 0 Å². The van der Waals surface area contributed by atoms with Gasteiger partial charge in [-0.05, 0) is 31.5 Å². The normalized spacial score (nSPS) is 12.6. The van der Waals surface area contributed by atoms with Crippen molar-refractivity contribution in [3.05, 3.63) is 47.8 Å². The van der Waals surface area contributed by atoms with E-state index in [1.165, 1.54) is 0 Å². The average molecular weight is 231 g/mol. The van der Waals surface area contributed by atoms with E-state index in [-0.39, 0.29) is 0 Å². The van der Waals surface area contributed by atoms with E-state index in [0.717, 1.165) is 17.9 Å². The maximum absolute atomic E-state index is 10.1. The predicted octanol–water partition coefficient (Wildman–Crippen LogP) is 1.88. The van der Waals surface area contributed by atoms with E-state index in [2.05, 4.69) is 16.9 Å². The zero-order valence-corrected chi connectivity index (χ0v) is 10.2. The van der Waals surface area contributed by atoms with Crippen molar-refractivity contribution >= 4 is 0 Å². The molecule has 0 radical (unpaired) electrons. The van der Waals surface area contributed by atoms with Gasteiger partial charge < -0.3 is 9.67 Å². The van der Waals surface area contributed by atoms with E-state index < -0.39 is 6.10 Å². The summed E-state index contributed by atoms with van der Waals surface area (Å²) in [6, 6.07) is 3.83.